The molecule has 2 nitrogen and oxygen atoms in total. The monoisotopic (exact) mass is 319 g/mol. The van der Waals surface area contributed by atoms with Crippen molar-refractivity contribution >= 4 is 23.6 Å². The van der Waals surface area contributed by atoms with Crippen LogP contribution in [0.2, 0.25) is 0 Å². The fraction of sp³-hybridized carbons (Fsp3) is 0.0500. The van der Waals surface area contributed by atoms with Crippen molar-refractivity contribution in [2.24, 2.45) is 4.76 Å². The van der Waals surface area contributed by atoms with Crippen molar-refractivity contribution in [3.8, 4) is 0 Å². The lowest BCUT2D eigenvalue weighted by Gasteiger charge is -2.16. The third-order valence-electron chi connectivity index (χ3n) is 3.69. The van der Waals surface area contributed by atoms with Crippen molar-refractivity contribution in [2.75, 3.05) is 0 Å². The highest BCUT2D eigenvalue weighted by Gasteiger charge is 2.26. The molecule has 0 aromatic heterocycles. The molecule has 3 heteroatoms. The molecular formula is C20H18NOP. The third-order valence-corrected chi connectivity index (χ3v) is 6.27. The van der Waals surface area contributed by atoms with Crippen LogP contribution in [-0.2, 0) is 4.57 Å². The molecule has 0 aliphatic rings. The zero-order valence-electron chi connectivity index (χ0n) is 13.0. The first-order valence-corrected chi connectivity index (χ1v) is 9.20. The van der Waals surface area contributed by atoms with E-state index in [0.717, 1.165) is 21.9 Å². The Morgan fingerprint density at radius 1 is 0.696 bits per heavy atom. The van der Waals surface area contributed by atoms with Crippen molar-refractivity contribution in [3.05, 3.63) is 96.6 Å². The molecule has 0 fully saturated rings. The minimum Gasteiger partial charge on any atom is -0.288 e. The molecule has 114 valence electrons. The van der Waals surface area contributed by atoms with Gasteiger partial charge < -0.3 is 0 Å². The molecule has 0 saturated heterocycles. The molecular weight excluding hydrogens is 301 g/mol. The second-order valence-corrected chi connectivity index (χ2v) is 7.68. The Balaban J connectivity index is 2.16. The number of rotatable bonds is 4. The molecule has 0 unspecified atom stereocenters. The Kier molecular flexibility index (Phi) is 4.55. The molecule has 3 aromatic carbocycles. The lowest BCUT2D eigenvalue weighted by molar-refractivity contribution is 0.588. The van der Waals surface area contributed by atoms with Crippen LogP contribution in [0.3, 0.4) is 0 Å². The first kappa shape index (κ1) is 15.5. The van der Waals surface area contributed by atoms with Crippen molar-refractivity contribution in [3.63, 3.8) is 0 Å². The molecule has 3 aromatic rings. The highest BCUT2D eigenvalue weighted by Crippen LogP contribution is 2.45. The van der Waals surface area contributed by atoms with Crippen LogP contribution in [0, 0.1) is 0 Å². The van der Waals surface area contributed by atoms with Crippen LogP contribution in [-0.4, -0.2) is 5.71 Å². The maximum absolute atomic E-state index is 13.8. The molecule has 0 bridgehead atoms. The Bertz CT molecular complexity index is 799. The van der Waals surface area contributed by atoms with Gasteiger partial charge in [-0.3, -0.25) is 4.57 Å². The number of nitrogens with zero attached hydrogens (tertiary/aromatic N) is 1. The van der Waals surface area contributed by atoms with Gasteiger partial charge >= 0.3 is 0 Å². The topological polar surface area (TPSA) is 29.4 Å². The van der Waals surface area contributed by atoms with Gasteiger partial charge in [-0.1, -0.05) is 66.7 Å². The lowest BCUT2D eigenvalue weighted by atomic mass is 10.1. The zero-order valence-corrected chi connectivity index (χ0v) is 13.9. The van der Waals surface area contributed by atoms with Crippen molar-refractivity contribution in [1.82, 2.24) is 0 Å². The van der Waals surface area contributed by atoms with Crippen LogP contribution in [0.1, 0.15) is 12.5 Å². The van der Waals surface area contributed by atoms with Gasteiger partial charge in [0.25, 0.3) is 0 Å². The summed E-state index contributed by atoms with van der Waals surface area (Å²) in [7, 11) is -3.06. The van der Waals surface area contributed by atoms with Crippen LogP contribution < -0.4 is 10.6 Å². The summed E-state index contributed by atoms with van der Waals surface area (Å²) < 4.78 is 18.5. The van der Waals surface area contributed by atoms with Crippen molar-refractivity contribution in [2.45, 2.75) is 6.92 Å². The lowest BCUT2D eigenvalue weighted by Crippen LogP contribution is -2.15. The average molecular weight is 319 g/mol. The van der Waals surface area contributed by atoms with E-state index in [-0.39, 0.29) is 0 Å². The van der Waals surface area contributed by atoms with Crippen LogP contribution in [0.25, 0.3) is 0 Å². The summed E-state index contributed by atoms with van der Waals surface area (Å²) in [5, 5.41) is 1.50. The summed E-state index contributed by atoms with van der Waals surface area (Å²) >= 11 is 0. The van der Waals surface area contributed by atoms with E-state index in [2.05, 4.69) is 0 Å². The first-order valence-electron chi connectivity index (χ1n) is 7.54. The maximum atomic E-state index is 13.8. The highest BCUT2D eigenvalue weighted by molar-refractivity contribution is 7.77. The molecule has 3 rings (SSSR count). The Hall–Kier alpha value is -2.44. The number of benzene rings is 3. The zero-order chi connectivity index (χ0) is 16.1. The number of hydrogen-bond acceptors (Lipinski definition) is 1. The van der Waals surface area contributed by atoms with E-state index in [9.17, 15) is 4.57 Å². The van der Waals surface area contributed by atoms with Gasteiger partial charge in [0.05, 0.1) is 0 Å². The summed E-state index contributed by atoms with van der Waals surface area (Å²) in [5.41, 5.74) is 1.77. The van der Waals surface area contributed by atoms with Gasteiger partial charge in [-0.15, -0.1) is 0 Å². The van der Waals surface area contributed by atoms with E-state index < -0.39 is 7.29 Å². The SMILES string of the molecule is C/C(=N\P(=O)(c1ccccc1)c1ccccc1)c1ccccc1. The van der Waals surface area contributed by atoms with Gasteiger partial charge in [-0.2, -0.15) is 0 Å². The second-order valence-electron chi connectivity index (χ2n) is 5.30. The van der Waals surface area contributed by atoms with Crippen LogP contribution in [0.15, 0.2) is 95.8 Å². The summed E-state index contributed by atoms with van der Waals surface area (Å²) in [6.07, 6.45) is 0. The van der Waals surface area contributed by atoms with E-state index in [1.54, 1.807) is 0 Å². The molecule has 0 amide bonds. The summed E-state index contributed by atoms with van der Waals surface area (Å²) in [5.74, 6) is 0. The standard InChI is InChI=1S/C20H18NOP/c1-17(18-11-5-2-6-12-18)21-23(22,19-13-7-3-8-14-19)20-15-9-4-10-16-20/h2-16H,1H3/b21-17+. The Labute approximate surface area is 137 Å². The van der Waals surface area contributed by atoms with Gasteiger partial charge in [-0.25, -0.2) is 4.76 Å². The Morgan fingerprint density at radius 3 is 1.52 bits per heavy atom. The summed E-state index contributed by atoms with van der Waals surface area (Å²) in [6, 6.07) is 28.8. The number of hydrogen-bond donors (Lipinski definition) is 0. The van der Waals surface area contributed by atoms with Gasteiger partial charge in [-0.05, 0) is 36.8 Å². The molecule has 0 aliphatic heterocycles. The predicted molar refractivity (Wildman–Crippen MR) is 98.4 cm³/mol. The van der Waals surface area contributed by atoms with Gasteiger partial charge in [0, 0.05) is 16.3 Å². The minimum atomic E-state index is -3.06. The quantitative estimate of drug-likeness (QED) is 0.517. The van der Waals surface area contributed by atoms with E-state index in [0.29, 0.717) is 0 Å². The van der Waals surface area contributed by atoms with E-state index >= 15 is 0 Å². The normalized spacial score (nSPS) is 12.1. The van der Waals surface area contributed by atoms with Crippen molar-refractivity contribution < 1.29 is 4.57 Å². The molecule has 0 aliphatic carbocycles. The fourth-order valence-electron chi connectivity index (χ4n) is 2.47. The molecule has 0 radical (unpaired) electrons. The van der Waals surface area contributed by atoms with E-state index in [1.165, 1.54) is 0 Å². The molecule has 0 saturated carbocycles. The molecule has 23 heavy (non-hydrogen) atoms. The Morgan fingerprint density at radius 2 is 1.09 bits per heavy atom. The summed E-state index contributed by atoms with van der Waals surface area (Å²) in [4.78, 5) is 0. The first-order chi connectivity index (χ1) is 11.2. The van der Waals surface area contributed by atoms with Crippen LogP contribution >= 0.6 is 7.29 Å². The van der Waals surface area contributed by atoms with E-state index in [1.807, 2.05) is 97.9 Å². The molecule has 0 heterocycles. The van der Waals surface area contributed by atoms with Crippen LogP contribution in [0.5, 0.6) is 0 Å². The second kappa shape index (κ2) is 6.76. The van der Waals surface area contributed by atoms with Gasteiger partial charge in [0.1, 0.15) is 0 Å². The summed E-state index contributed by atoms with van der Waals surface area (Å²) in [6.45, 7) is 1.91. The van der Waals surface area contributed by atoms with Crippen molar-refractivity contribution in [1.29, 1.82) is 0 Å². The largest absolute Gasteiger partial charge is 0.288 e. The van der Waals surface area contributed by atoms with E-state index in [4.69, 9.17) is 4.76 Å². The predicted octanol–water partition coefficient (Wildman–Crippen LogP) is 4.42. The van der Waals surface area contributed by atoms with Gasteiger partial charge in [0.15, 0.2) is 0 Å². The van der Waals surface area contributed by atoms with Gasteiger partial charge in [0.2, 0.25) is 7.29 Å². The van der Waals surface area contributed by atoms with Crippen LogP contribution in [0.4, 0.5) is 0 Å². The minimum absolute atomic E-state index is 0.751. The average Bonchev–Trinajstić information content (AvgIpc) is 2.64. The smallest absolute Gasteiger partial charge is 0.247 e. The fourth-order valence-corrected chi connectivity index (χ4v) is 4.69. The molecule has 0 atom stereocenters. The maximum Gasteiger partial charge on any atom is 0.247 e. The molecule has 0 N–H and O–H groups in total. The third kappa shape index (κ3) is 3.33. The molecule has 0 spiro atoms. The highest BCUT2D eigenvalue weighted by atomic mass is 31.2.